The molecule has 0 bridgehead atoms. The number of hydrogen-bond acceptors (Lipinski definition) is 7. The van der Waals surface area contributed by atoms with Gasteiger partial charge in [-0.15, -0.1) is 0 Å². The Kier molecular flexibility index (Phi) is 5.64. The minimum absolute atomic E-state index is 0.0283. The summed E-state index contributed by atoms with van der Waals surface area (Å²) in [7, 11) is 0. The van der Waals surface area contributed by atoms with Crippen LogP contribution in [-0.2, 0) is 0 Å². The molecule has 0 amide bonds. The average Bonchev–Trinajstić information content (AvgIpc) is 2.70. The molecule has 0 aliphatic heterocycles. The van der Waals surface area contributed by atoms with E-state index in [1.165, 1.54) is 23.1 Å². The van der Waals surface area contributed by atoms with Gasteiger partial charge in [0, 0.05) is 17.1 Å². The van der Waals surface area contributed by atoms with Crippen LogP contribution < -0.4 is 4.90 Å². The second-order valence-electron chi connectivity index (χ2n) is 6.71. The van der Waals surface area contributed by atoms with Crippen molar-refractivity contribution in [2.75, 3.05) is 4.90 Å². The van der Waals surface area contributed by atoms with Gasteiger partial charge in [-0.1, -0.05) is 0 Å². The van der Waals surface area contributed by atoms with Crippen molar-refractivity contribution in [3.63, 3.8) is 0 Å². The smallest absolute Gasteiger partial charge is 0.356 e. The summed E-state index contributed by atoms with van der Waals surface area (Å²) in [4.78, 5) is 49.2. The number of anilines is 3. The number of nitrogens with zero attached hydrogens (tertiary/aromatic N) is 4. The van der Waals surface area contributed by atoms with Gasteiger partial charge < -0.3 is 20.2 Å². The van der Waals surface area contributed by atoms with Crippen LogP contribution in [0.15, 0.2) is 36.4 Å². The summed E-state index contributed by atoms with van der Waals surface area (Å²) in [6.07, 6.45) is 0. The Morgan fingerprint density at radius 1 is 0.581 bits per heavy atom. The molecular formula is C21H18N4O6. The monoisotopic (exact) mass is 422 g/mol. The van der Waals surface area contributed by atoms with Crippen molar-refractivity contribution in [2.24, 2.45) is 0 Å². The lowest BCUT2D eigenvalue weighted by molar-refractivity contribution is 0.0681. The van der Waals surface area contributed by atoms with E-state index in [9.17, 15) is 29.7 Å². The van der Waals surface area contributed by atoms with Gasteiger partial charge >= 0.3 is 17.9 Å². The fourth-order valence-corrected chi connectivity index (χ4v) is 3.05. The van der Waals surface area contributed by atoms with Crippen molar-refractivity contribution in [3.8, 4) is 0 Å². The Morgan fingerprint density at radius 2 is 0.839 bits per heavy atom. The van der Waals surface area contributed by atoms with Gasteiger partial charge in [0.2, 0.25) is 0 Å². The van der Waals surface area contributed by atoms with Gasteiger partial charge in [0.1, 0.15) is 0 Å². The van der Waals surface area contributed by atoms with Crippen molar-refractivity contribution in [1.82, 2.24) is 15.0 Å². The minimum atomic E-state index is -1.36. The molecule has 0 radical (unpaired) electrons. The number of carboxylic acid groups (broad SMARTS) is 3. The summed E-state index contributed by atoms with van der Waals surface area (Å²) in [6.45, 7) is 4.81. The number of pyridine rings is 3. The highest BCUT2D eigenvalue weighted by atomic mass is 16.4. The van der Waals surface area contributed by atoms with E-state index < -0.39 is 17.9 Å². The number of aryl methyl sites for hydroxylation is 3. The highest BCUT2D eigenvalue weighted by molar-refractivity contribution is 6.03. The Labute approximate surface area is 176 Å². The molecule has 3 aromatic heterocycles. The summed E-state index contributed by atoms with van der Waals surface area (Å²) < 4.78 is 0. The largest absolute Gasteiger partial charge is 0.476 e. The first-order valence-corrected chi connectivity index (χ1v) is 9.03. The molecule has 0 saturated carbocycles. The first-order chi connectivity index (χ1) is 14.6. The number of carbonyl (C=O) groups is 3. The van der Waals surface area contributed by atoms with Gasteiger partial charge in [-0.3, -0.25) is 0 Å². The first-order valence-electron chi connectivity index (χ1n) is 9.03. The van der Waals surface area contributed by atoms with Crippen molar-refractivity contribution in [3.05, 3.63) is 70.6 Å². The Bertz CT molecular complexity index is 1070. The lowest BCUT2D eigenvalue weighted by atomic mass is 10.1. The topological polar surface area (TPSA) is 154 Å². The molecule has 0 spiro atoms. The molecule has 0 aromatic carbocycles. The van der Waals surface area contributed by atoms with Crippen LogP contribution in [0.1, 0.15) is 48.5 Å². The molecule has 0 unspecified atom stereocenters. The minimum Gasteiger partial charge on any atom is -0.476 e. The zero-order chi connectivity index (χ0) is 22.9. The van der Waals surface area contributed by atoms with Crippen molar-refractivity contribution in [2.45, 2.75) is 20.8 Å². The van der Waals surface area contributed by atoms with E-state index in [4.69, 9.17) is 0 Å². The molecule has 3 heterocycles. The molecule has 0 aliphatic rings. The Hall–Kier alpha value is -4.34. The maximum absolute atomic E-state index is 11.9. The first kappa shape index (κ1) is 21.4. The summed E-state index contributed by atoms with van der Waals surface area (Å²) in [5.74, 6) is -4.09. The predicted octanol–water partition coefficient (Wildman–Crippen LogP) is 3.36. The van der Waals surface area contributed by atoms with Crippen LogP contribution in [0.3, 0.4) is 0 Å². The maximum Gasteiger partial charge on any atom is 0.356 e. The molecule has 0 saturated heterocycles. The average molecular weight is 422 g/mol. The standard InChI is InChI=1S/C21H18N4O6/c1-10-4-7-13(16(22-10)19(26)27)25(14-8-5-11(2)23-17(14)20(28)29)15-9-6-12(3)24-18(15)21(30)31/h4-9H,1-3H3,(H,26,27)(H,28,29)(H,30,31). The van der Waals surface area contributed by atoms with Gasteiger partial charge in [0.25, 0.3) is 0 Å². The highest BCUT2D eigenvalue weighted by Gasteiger charge is 2.29. The van der Waals surface area contributed by atoms with E-state index in [1.54, 1.807) is 39.0 Å². The SMILES string of the molecule is Cc1ccc(N(c2ccc(C)nc2C(=O)O)c2ccc(C)nc2C(=O)O)c(C(=O)O)n1. The maximum atomic E-state index is 11.9. The Balaban J connectivity index is 2.46. The third-order valence-corrected chi connectivity index (χ3v) is 4.37. The normalized spacial score (nSPS) is 10.5. The van der Waals surface area contributed by atoms with Crippen molar-refractivity contribution >= 4 is 35.0 Å². The molecule has 0 fully saturated rings. The molecule has 158 valence electrons. The third-order valence-electron chi connectivity index (χ3n) is 4.37. The van der Waals surface area contributed by atoms with Gasteiger partial charge in [-0.25, -0.2) is 29.3 Å². The van der Waals surface area contributed by atoms with E-state index in [1.807, 2.05) is 0 Å². The predicted molar refractivity (Wildman–Crippen MR) is 110 cm³/mol. The summed E-state index contributed by atoms with van der Waals surface area (Å²) in [6, 6.07) is 8.92. The van der Waals surface area contributed by atoms with Crippen LogP contribution in [0.4, 0.5) is 17.1 Å². The van der Waals surface area contributed by atoms with Crippen LogP contribution in [0.25, 0.3) is 0 Å². The van der Waals surface area contributed by atoms with Crippen LogP contribution in [0.5, 0.6) is 0 Å². The van der Waals surface area contributed by atoms with E-state index in [2.05, 4.69) is 15.0 Å². The van der Waals surface area contributed by atoms with E-state index in [0.717, 1.165) is 0 Å². The molecule has 0 aliphatic carbocycles. The second-order valence-corrected chi connectivity index (χ2v) is 6.71. The molecule has 3 N–H and O–H groups in total. The van der Waals surface area contributed by atoms with Crippen LogP contribution in [0, 0.1) is 20.8 Å². The molecule has 10 nitrogen and oxygen atoms in total. The molecule has 0 atom stereocenters. The molecule has 31 heavy (non-hydrogen) atoms. The quantitative estimate of drug-likeness (QED) is 0.538. The van der Waals surface area contributed by atoms with Gasteiger partial charge in [-0.2, -0.15) is 0 Å². The third kappa shape index (κ3) is 4.17. The van der Waals surface area contributed by atoms with Crippen LogP contribution >= 0.6 is 0 Å². The molecule has 3 aromatic rings. The van der Waals surface area contributed by atoms with Gasteiger partial charge in [-0.05, 0) is 57.2 Å². The zero-order valence-corrected chi connectivity index (χ0v) is 16.8. The van der Waals surface area contributed by atoms with E-state index >= 15 is 0 Å². The summed E-state index contributed by atoms with van der Waals surface area (Å²) >= 11 is 0. The lowest BCUT2D eigenvalue weighted by Gasteiger charge is -2.28. The highest BCUT2D eigenvalue weighted by Crippen LogP contribution is 2.39. The second kappa shape index (κ2) is 8.19. The summed E-state index contributed by atoms with van der Waals surface area (Å²) in [5.41, 5.74) is 0.0286. The van der Waals surface area contributed by atoms with E-state index in [0.29, 0.717) is 17.1 Å². The van der Waals surface area contributed by atoms with Gasteiger partial charge in [0.05, 0.1) is 17.1 Å². The van der Waals surface area contributed by atoms with Crippen LogP contribution in [-0.4, -0.2) is 48.2 Å². The lowest BCUT2D eigenvalue weighted by Crippen LogP contribution is -2.22. The fourth-order valence-electron chi connectivity index (χ4n) is 3.05. The van der Waals surface area contributed by atoms with Crippen molar-refractivity contribution < 1.29 is 29.7 Å². The zero-order valence-electron chi connectivity index (χ0n) is 16.8. The van der Waals surface area contributed by atoms with E-state index in [-0.39, 0.29) is 34.1 Å². The number of carboxylic acids is 3. The van der Waals surface area contributed by atoms with Crippen LogP contribution in [0.2, 0.25) is 0 Å². The number of hydrogen-bond donors (Lipinski definition) is 3. The summed E-state index contributed by atoms with van der Waals surface area (Å²) in [5, 5.41) is 29.2. The molecule has 10 heteroatoms. The Morgan fingerprint density at radius 3 is 1.06 bits per heavy atom. The molecule has 3 rings (SSSR count). The van der Waals surface area contributed by atoms with Crippen molar-refractivity contribution in [1.29, 1.82) is 0 Å². The van der Waals surface area contributed by atoms with Gasteiger partial charge in [0.15, 0.2) is 17.1 Å². The molecular weight excluding hydrogens is 404 g/mol. The number of aromatic carboxylic acids is 3. The number of rotatable bonds is 6. The number of aromatic nitrogens is 3. The fraction of sp³-hybridized carbons (Fsp3) is 0.143.